The van der Waals surface area contributed by atoms with Crippen molar-refractivity contribution in [1.29, 1.82) is 0 Å². The molecule has 1 aliphatic heterocycles. The lowest BCUT2D eigenvalue weighted by Crippen LogP contribution is -2.15. The molecule has 2 nitrogen and oxygen atoms in total. The monoisotopic (exact) mass is 223 g/mol. The maximum absolute atomic E-state index is 6.20. The van der Waals surface area contributed by atoms with Crippen LogP contribution in [0.4, 0.5) is 0 Å². The summed E-state index contributed by atoms with van der Waals surface area (Å²) < 4.78 is 5.32. The molecule has 0 radical (unpaired) electrons. The van der Waals surface area contributed by atoms with Gasteiger partial charge in [-0.25, -0.2) is 0 Å². The molecule has 2 N–H and O–H groups in total. The Morgan fingerprint density at radius 3 is 3.00 bits per heavy atom. The van der Waals surface area contributed by atoms with Gasteiger partial charge in [0, 0.05) is 9.75 Å². The van der Waals surface area contributed by atoms with Crippen molar-refractivity contribution < 1.29 is 4.74 Å². The van der Waals surface area contributed by atoms with Crippen LogP contribution in [0.3, 0.4) is 0 Å². The molecule has 15 heavy (non-hydrogen) atoms. The highest BCUT2D eigenvalue weighted by molar-refractivity contribution is 7.12. The van der Waals surface area contributed by atoms with Gasteiger partial charge in [-0.3, -0.25) is 0 Å². The van der Waals surface area contributed by atoms with Crippen LogP contribution in [0.15, 0.2) is 24.0 Å². The molecule has 0 bridgehead atoms. The summed E-state index contributed by atoms with van der Waals surface area (Å²) in [5, 5.41) is 0. The fourth-order valence-corrected chi connectivity index (χ4v) is 2.75. The normalized spacial score (nSPS) is 18.1. The number of thiophene rings is 1. The zero-order valence-corrected chi connectivity index (χ0v) is 9.85. The molecule has 1 aromatic rings. The number of hydrogen-bond donors (Lipinski definition) is 1. The van der Waals surface area contributed by atoms with E-state index in [1.807, 2.05) is 17.6 Å². The third-order valence-corrected chi connectivity index (χ3v) is 4.01. The molecule has 1 unspecified atom stereocenters. The lowest BCUT2D eigenvalue weighted by Gasteiger charge is -2.18. The molecule has 1 atom stereocenters. The van der Waals surface area contributed by atoms with E-state index in [4.69, 9.17) is 10.5 Å². The van der Waals surface area contributed by atoms with Gasteiger partial charge in [0.2, 0.25) is 0 Å². The number of ether oxygens (including phenoxy) is 1. The summed E-state index contributed by atoms with van der Waals surface area (Å²) in [5.41, 5.74) is 7.43. The molecular formula is C12H17NOS. The van der Waals surface area contributed by atoms with E-state index in [1.54, 1.807) is 0 Å². The molecule has 0 aromatic carbocycles. The second kappa shape index (κ2) is 4.81. The van der Waals surface area contributed by atoms with Gasteiger partial charge in [-0.1, -0.05) is 6.92 Å². The molecule has 0 amide bonds. The zero-order valence-electron chi connectivity index (χ0n) is 9.03. The smallest absolute Gasteiger partial charge is 0.0876 e. The maximum Gasteiger partial charge on any atom is 0.0876 e. The van der Waals surface area contributed by atoms with Gasteiger partial charge in [-0.15, -0.1) is 11.3 Å². The molecular weight excluding hydrogens is 206 g/mol. The minimum Gasteiger partial charge on any atom is -0.501 e. The number of aryl methyl sites for hydroxylation is 1. The van der Waals surface area contributed by atoms with Gasteiger partial charge in [0.15, 0.2) is 0 Å². The summed E-state index contributed by atoms with van der Waals surface area (Å²) in [5.74, 6) is 0. The minimum atomic E-state index is 0.0376. The number of rotatable bonds is 3. The van der Waals surface area contributed by atoms with Crippen molar-refractivity contribution in [2.75, 3.05) is 6.61 Å². The molecule has 0 spiro atoms. The molecule has 0 aliphatic carbocycles. The van der Waals surface area contributed by atoms with Crippen molar-refractivity contribution in [3.63, 3.8) is 0 Å². The summed E-state index contributed by atoms with van der Waals surface area (Å²) in [7, 11) is 0. The van der Waals surface area contributed by atoms with Crippen molar-refractivity contribution >= 4 is 11.3 Å². The van der Waals surface area contributed by atoms with E-state index < -0.39 is 0 Å². The van der Waals surface area contributed by atoms with Crippen LogP contribution < -0.4 is 5.73 Å². The largest absolute Gasteiger partial charge is 0.501 e. The van der Waals surface area contributed by atoms with Crippen molar-refractivity contribution in [3.8, 4) is 0 Å². The Balaban J connectivity index is 2.12. The zero-order chi connectivity index (χ0) is 10.7. The van der Waals surface area contributed by atoms with Gasteiger partial charge >= 0.3 is 0 Å². The fraction of sp³-hybridized carbons (Fsp3) is 0.500. The molecule has 0 saturated carbocycles. The summed E-state index contributed by atoms with van der Waals surface area (Å²) in [6, 6.07) is 4.35. The van der Waals surface area contributed by atoms with Crippen molar-refractivity contribution in [3.05, 3.63) is 33.7 Å². The predicted octanol–water partition coefficient (Wildman–Crippen LogP) is 3.00. The topological polar surface area (TPSA) is 35.2 Å². The lowest BCUT2D eigenvalue weighted by atomic mass is 10.0. The van der Waals surface area contributed by atoms with Crippen LogP contribution in [0.5, 0.6) is 0 Å². The minimum absolute atomic E-state index is 0.0376. The Kier molecular flexibility index (Phi) is 3.44. The number of hydrogen-bond acceptors (Lipinski definition) is 3. The molecule has 1 aromatic heterocycles. The van der Waals surface area contributed by atoms with Crippen LogP contribution in [-0.2, 0) is 11.2 Å². The molecule has 2 heterocycles. The van der Waals surface area contributed by atoms with Crippen LogP contribution >= 0.6 is 11.3 Å². The third kappa shape index (κ3) is 2.41. The summed E-state index contributed by atoms with van der Waals surface area (Å²) in [6.45, 7) is 3.00. The van der Waals surface area contributed by atoms with E-state index in [0.29, 0.717) is 0 Å². The summed E-state index contributed by atoms with van der Waals surface area (Å²) in [6.07, 6.45) is 5.10. The van der Waals surface area contributed by atoms with Crippen LogP contribution in [0.25, 0.3) is 0 Å². The highest BCUT2D eigenvalue weighted by Gasteiger charge is 2.16. The van der Waals surface area contributed by atoms with Crippen LogP contribution in [0, 0.1) is 0 Å². The first-order valence-electron chi connectivity index (χ1n) is 5.46. The van der Waals surface area contributed by atoms with Gasteiger partial charge in [0.05, 0.1) is 18.9 Å². The summed E-state index contributed by atoms with van der Waals surface area (Å²) >= 11 is 1.81. The molecule has 3 heteroatoms. The molecule has 82 valence electrons. The van der Waals surface area contributed by atoms with Gasteiger partial charge < -0.3 is 10.5 Å². The first kappa shape index (κ1) is 10.7. The number of nitrogens with two attached hydrogens (primary N) is 1. The van der Waals surface area contributed by atoms with E-state index in [9.17, 15) is 0 Å². The van der Waals surface area contributed by atoms with Crippen LogP contribution in [0.2, 0.25) is 0 Å². The average Bonchev–Trinajstić information content (AvgIpc) is 2.78. The standard InChI is InChI=1S/C12H17NOS/c1-2-10-5-6-11(15-10)12(13)9-4-3-7-14-8-9/h5-6,8,12H,2-4,7,13H2,1H3. The highest BCUT2D eigenvalue weighted by atomic mass is 32.1. The van der Waals surface area contributed by atoms with Gasteiger partial charge in [-0.05, 0) is 37.0 Å². The van der Waals surface area contributed by atoms with Crippen LogP contribution in [0.1, 0.15) is 35.6 Å². The van der Waals surface area contributed by atoms with Crippen LogP contribution in [-0.4, -0.2) is 6.61 Å². The van der Waals surface area contributed by atoms with E-state index in [-0.39, 0.29) is 6.04 Å². The quantitative estimate of drug-likeness (QED) is 0.855. The lowest BCUT2D eigenvalue weighted by molar-refractivity contribution is 0.221. The van der Waals surface area contributed by atoms with E-state index in [2.05, 4.69) is 19.1 Å². The van der Waals surface area contributed by atoms with Crippen molar-refractivity contribution in [1.82, 2.24) is 0 Å². The van der Waals surface area contributed by atoms with Crippen molar-refractivity contribution in [2.24, 2.45) is 5.73 Å². The molecule has 0 fully saturated rings. The van der Waals surface area contributed by atoms with Gasteiger partial charge in [0.25, 0.3) is 0 Å². The van der Waals surface area contributed by atoms with E-state index in [0.717, 1.165) is 25.9 Å². The van der Waals surface area contributed by atoms with E-state index in [1.165, 1.54) is 15.3 Å². The SMILES string of the molecule is CCc1ccc(C(N)C2=COCCC2)s1. The Morgan fingerprint density at radius 1 is 1.53 bits per heavy atom. The second-order valence-electron chi connectivity index (χ2n) is 3.80. The molecule has 2 rings (SSSR count). The Labute approximate surface area is 94.7 Å². The van der Waals surface area contributed by atoms with Crippen molar-refractivity contribution in [2.45, 2.75) is 32.2 Å². The van der Waals surface area contributed by atoms with Gasteiger partial charge in [0.1, 0.15) is 0 Å². The summed E-state index contributed by atoms with van der Waals surface area (Å²) in [4.78, 5) is 2.65. The Hall–Kier alpha value is -0.800. The Morgan fingerprint density at radius 2 is 2.40 bits per heavy atom. The predicted molar refractivity (Wildman–Crippen MR) is 63.9 cm³/mol. The fourth-order valence-electron chi connectivity index (χ4n) is 1.75. The first-order valence-corrected chi connectivity index (χ1v) is 6.27. The highest BCUT2D eigenvalue weighted by Crippen LogP contribution is 2.30. The second-order valence-corrected chi connectivity index (χ2v) is 5.00. The third-order valence-electron chi connectivity index (χ3n) is 2.70. The Bertz CT molecular complexity index is 356. The van der Waals surface area contributed by atoms with Gasteiger partial charge in [-0.2, -0.15) is 0 Å². The molecule has 1 aliphatic rings. The average molecular weight is 223 g/mol. The van der Waals surface area contributed by atoms with E-state index >= 15 is 0 Å². The molecule has 0 saturated heterocycles. The first-order chi connectivity index (χ1) is 7.31. The maximum atomic E-state index is 6.20.